The van der Waals surface area contributed by atoms with Crippen molar-refractivity contribution >= 4 is 24.0 Å². The van der Waals surface area contributed by atoms with E-state index >= 15 is 0 Å². The summed E-state index contributed by atoms with van der Waals surface area (Å²) in [6.07, 6.45) is 4.90. The first-order chi connectivity index (χ1) is 5.86. The summed E-state index contributed by atoms with van der Waals surface area (Å²) in [6, 6.07) is 4.22. The molecule has 0 atom stereocenters. The molecule has 62 valence electrons. The van der Waals surface area contributed by atoms with E-state index < -0.39 is 0 Å². The lowest BCUT2D eigenvalue weighted by Gasteiger charge is -1.94. The van der Waals surface area contributed by atoms with E-state index in [0.29, 0.717) is 0 Å². The number of H-pyrrole nitrogens is 1. The van der Waals surface area contributed by atoms with Crippen molar-refractivity contribution in [3.05, 3.63) is 40.3 Å². The number of thiophene rings is 1. The number of nitrogens with one attached hydrogen (secondary N) is 1. The van der Waals surface area contributed by atoms with Crippen LogP contribution in [0.4, 0.5) is 0 Å². The van der Waals surface area contributed by atoms with Crippen molar-refractivity contribution in [3.63, 3.8) is 0 Å². The van der Waals surface area contributed by atoms with Crippen LogP contribution in [0.15, 0.2) is 34.8 Å². The van der Waals surface area contributed by atoms with Crippen molar-refractivity contribution in [2.45, 2.75) is 11.3 Å². The van der Waals surface area contributed by atoms with E-state index in [1.165, 1.54) is 10.4 Å². The molecule has 0 aliphatic heterocycles. The van der Waals surface area contributed by atoms with Crippen LogP contribution in [-0.2, 0) is 6.42 Å². The van der Waals surface area contributed by atoms with E-state index in [0.717, 1.165) is 11.3 Å². The Labute approximate surface area is 80.9 Å². The van der Waals surface area contributed by atoms with Gasteiger partial charge in [0.15, 0.2) is 0 Å². The SMILES string of the molecule is Sc1c[nH]cc1Cc1cccs1. The highest BCUT2D eigenvalue weighted by Gasteiger charge is 2.01. The molecule has 12 heavy (non-hydrogen) atoms. The molecule has 2 aromatic heterocycles. The van der Waals surface area contributed by atoms with Crippen molar-refractivity contribution in [2.75, 3.05) is 0 Å². The van der Waals surface area contributed by atoms with E-state index in [4.69, 9.17) is 0 Å². The molecule has 2 heterocycles. The van der Waals surface area contributed by atoms with Gasteiger partial charge in [0.25, 0.3) is 0 Å². The Kier molecular flexibility index (Phi) is 2.23. The molecule has 0 bridgehead atoms. The number of thiol groups is 1. The first kappa shape index (κ1) is 7.95. The molecular weight excluding hydrogens is 186 g/mol. The Hall–Kier alpha value is -0.670. The Balaban J connectivity index is 2.20. The third-order valence-electron chi connectivity index (χ3n) is 1.75. The van der Waals surface area contributed by atoms with Crippen LogP contribution >= 0.6 is 24.0 Å². The van der Waals surface area contributed by atoms with E-state index in [2.05, 4.69) is 35.1 Å². The first-order valence-corrected chi connectivity index (χ1v) is 5.06. The van der Waals surface area contributed by atoms with Crippen molar-refractivity contribution in [1.29, 1.82) is 0 Å². The zero-order chi connectivity index (χ0) is 8.39. The smallest absolute Gasteiger partial charge is 0.0251 e. The number of aromatic nitrogens is 1. The molecule has 1 N–H and O–H groups in total. The van der Waals surface area contributed by atoms with Crippen LogP contribution < -0.4 is 0 Å². The number of hydrogen-bond acceptors (Lipinski definition) is 2. The van der Waals surface area contributed by atoms with Crippen LogP contribution in [0.2, 0.25) is 0 Å². The normalized spacial score (nSPS) is 10.4. The summed E-state index contributed by atoms with van der Waals surface area (Å²) in [5.74, 6) is 0. The minimum Gasteiger partial charge on any atom is -0.366 e. The van der Waals surface area contributed by atoms with Crippen molar-refractivity contribution in [2.24, 2.45) is 0 Å². The van der Waals surface area contributed by atoms with Crippen molar-refractivity contribution in [1.82, 2.24) is 4.98 Å². The molecule has 2 rings (SSSR count). The Morgan fingerprint density at radius 3 is 2.92 bits per heavy atom. The topological polar surface area (TPSA) is 15.8 Å². The molecule has 0 radical (unpaired) electrons. The van der Waals surface area contributed by atoms with Crippen LogP contribution in [0.25, 0.3) is 0 Å². The predicted octanol–water partition coefficient (Wildman–Crippen LogP) is 2.96. The molecule has 3 heteroatoms. The van der Waals surface area contributed by atoms with Gasteiger partial charge in [-0.15, -0.1) is 24.0 Å². The molecule has 0 fully saturated rings. The van der Waals surface area contributed by atoms with Crippen molar-refractivity contribution in [3.8, 4) is 0 Å². The molecule has 0 aliphatic rings. The number of aromatic amines is 1. The fourth-order valence-corrected chi connectivity index (χ4v) is 2.08. The molecule has 1 nitrogen and oxygen atoms in total. The van der Waals surface area contributed by atoms with E-state index in [-0.39, 0.29) is 0 Å². The Morgan fingerprint density at radius 1 is 1.42 bits per heavy atom. The van der Waals surface area contributed by atoms with Crippen LogP contribution in [0.1, 0.15) is 10.4 Å². The zero-order valence-electron chi connectivity index (χ0n) is 6.45. The summed E-state index contributed by atoms with van der Waals surface area (Å²) in [5.41, 5.74) is 1.26. The van der Waals surface area contributed by atoms with Gasteiger partial charge in [-0.05, 0) is 17.0 Å². The maximum atomic E-state index is 4.33. The molecule has 0 amide bonds. The second-order valence-corrected chi connectivity index (χ2v) is 4.14. The Bertz CT molecular complexity index is 348. The van der Waals surface area contributed by atoms with Gasteiger partial charge in [-0.1, -0.05) is 6.07 Å². The minimum absolute atomic E-state index is 0.986. The lowest BCUT2D eigenvalue weighted by Crippen LogP contribution is -1.80. The third-order valence-corrected chi connectivity index (χ3v) is 3.04. The lowest BCUT2D eigenvalue weighted by molar-refractivity contribution is 1.19. The summed E-state index contributed by atoms with van der Waals surface area (Å²) in [6.45, 7) is 0. The highest BCUT2D eigenvalue weighted by Crippen LogP contribution is 2.19. The molecule has 0 unspecified atom stereocenters. The van der Waals surface area contributed by atoms with E-state index in [1.54, 1.807) is 11.3 Å². The standard InChI is InChI=1S/C9H9NS2/c11-9-6-10-5-7(9)4-8-2-1-3-12-8/h1-3,5-6,10-11H,4H2. The second kappa shape index (κ2) is 3.37. The molecule has 0 saturated heterocycles. The molecule has 0 saturated carbocycles. The number of rotatable bonds is 2. The monoisotopic (exact) mass is 195 g/mol. The summed E-state index contributed by atoms with van der Waals surface area (Å²) in [7, 11) is 0. The van der Waals surface area contributed by atoms with Crippen LogP contribution in [-0.4, -0.2) is 4.98 Å². The van der Waals surface area contributed by atoms with Gasteiger partial charge in [0, 0.05) is 28.6 Å². The van der Waals surface area contributed by atoms with Gasteiger partial charge in [-0.25, -0.2) is 0 Å². The quantitative estimate of drug-likeness (QED) is 0.685. The molecular formula is C9H9NS2. The molecule has 0 spiro atoms. The van der Waals surface area contributed by atoms with Gasteiger partial charge in [-0.3, -0.25) is 0 Å². The van der Waals surface area contributed by atoms with Gasteiger partial charge in [0.05, 0.1) is 0 Å². The average molecular weight is 195 g/mol. The summed E-state index contributed by atoms with van der Waals surface area (Å²) in [4.78, 5) is 5.46. The summed E-state index contributed by atoms with van der Waals surface area (Å²) >= 11 is 6.12. The van der Waals surface area contributed by atoms with Crippen LogP contribution in [0.3, 0.4) is 0 Å². The van der Waals surface area contributed by atoms with Gasteiger partial charge < -0.3 is 4.98 Å². The van der Waals surface area contributed by atoms with Crippen molar-refractivity contribution < 1.29 is 0 Å². The summed E-state index contributed by atoms with van der Waals surface area (Å²) < 4.78 is 0. The van der Waals surface area contributed by atoms with Gasteiger partial charge in [-0.2, -0.15) is 0 Å². The van der Waals surface area contributed by atoms with E-state index in [9.17, 15) is 0 Å². The largest absolute Gasteiger partial charge is 0.366 e. The maximum Gasteiger partial charge on any atom is 0.0251 e. The van der Waals surface area contributed by atoms with Crippen LogP contribution in [0.5, 0.6) is 0 Å². The minimum atomic E-state index is 0.986. The van der Waals surface area contributed by atoms with Gasteiger partial charge in [0.2, 0.25) is 0 Å². The lowest BCUT2D eigenvalue weighted by atomic mass is 10.2. The molecule has 0 aliphatic carbocycles. The maximum absolute atomic E-state index is 4.33. The summed E-state index contributed by atoms with van der Waals surface area (Å²) in [5, 5.41) is 2.10. The predicted molar refractivity (Wildman–Crippen MR) is 55.2 cm³/mol. The Morgan fingerprint density at radius 2 is 2.33 bits per heavy atom. The molecule has 2 aromatic rings. The average Bonchev–Trinajstić information content (AvgIpc) is 2.65. The fraction of sp³-hybridized carbons (Fsp3) is 0.111. The second-order valence-electron chi connectivity index (χ2n) is 2.62. The highest BCUT2D eigenvalue weighted by molar-refractivity contribution is 7.80. The number of hydrogen-bond donors (Lipinski definition) is 2. The fourth-order valence-electron chi connectivity index (χ4n) is 1.13. The first-order valence-electron chi connectivity index (χ1n) is 3.73. The van der Waals surface area contributed by atoms with Gasteiger partial charge >= 0.3 is 0 Å². The van der Waals surface area contributed by atoms with Crippen LogP contribution in [0, 0.1) is 0 Å². The molecule has 0 aromatic carbocycles. The van der Waals surface area contributed by atoms with Gasteiger partial charge in [0.1, 0.15) is 0 Å². The zero-order valence-corrected chi connectivity index (χ0v) is 8.16. The third kappa shape index (κ3) is 1.57. The highest BCUT2D eigenvalue weighted by atomic mass is 32.1. The van der Waals surface area contributed by atoms with E-state index in [1.807, 2.05) is 12.4 Å².